The topological polar surface area (TPSA) is 92.7 Å². The number of ketones is 1. The van der Waals surface area contributed by atoms with E-state index in [0.29, 0.717) is 58.3 Å². The van der Waals surface area contributed by atoms with Gasteiger partial charge in [-0.25, -0.2) is 0 Å². The van der Waals surface area contributed by atoms with Crippen molar-refractivity contribution in [1.29, 1.82) is 0 Å². The first kappa shape index (κ1) is 19.8. The molecule has 158 valence electrons. The monoisotopic (exact) mass is 414 g/mol. The maximum Gasteiger partial charge on any atom is 0.231 e. The third-order valence-electron chi connectivity index (χ3n) is 5.28. The minimum absolute atomic E-state index is 0.0398. The second-order valence-electron chi connectivity index (χ2n) is 6.75. The van der Waals surface area contributed by atoms with Crippen LogP contribution in [0.1, 0.15) is 27.9 Å². The van der Waals surface area contributed by atoms with E-state index in [-0.39, 0.29) is 29.6 Å². The highest BCUT2D eigenvalue weighted by molar-refractivity contribution is 6.16. The van der Waals surface area contributed by atoms with Crippen LogP contribution in [-0.2, 0) is 6.42 Å². The van der Waals surface area contributed by atoms with Crippen molar-refractivity contribution in [2.45, 2.75) is 12.8 Å². The lowest BCUT2D eigenvalue weighted by Gasteiger charge is -2.22. The van der Waals surface area contributed by atoms with Gasteiger partial charge < -0.3 is 33.5 Å². The van der Waals surface area contributed by atoms with Crippen molar-refractivity contribution in [3.63, 3.8) is 0 Å². The molecule has 0 saturated heterocycles. The average molecular weight is 414 g/mol. The first-order valence-electron chi connectivity index (χ1n) is 9.30. The van der Waals surface area contributed by atoms with Gasteiger partial charge in [-0.3, -0.25) is 4.79 Å². The molecule has 1 aliphatic heterocycles. The highest BCUT2D eigenvalue weighted by Crippen LogP contribution is 2.54. The summed E-state index contributed by atoms with van der Waals surface area (Å²) in [6.45, 7) is -0.0398. The predicted molar refractivity (Wildman–Crippen MR) is 108 cm³/mol. The van der Waals surface area contributed by atoms with E-state index in [9.17, 15) is 9.90 Å². The Kier molecular flexibility index (Phi) is 5.07. The SMILES string of the molecule is COc1cc(OC)c(OC)cc1/C=C1\CCc2c(OC)c3c(c(O)c2C1=O)OCO3. The number of phenolic OH excluding ortho intramolecular Hbond substituents is 1. The third-order valence-corrected chi connectivity index (χ3v) is 5.28. The van der Waals surface area contributed by atoms with Crippen molar-refractivity contribution in [3.8, 4) is 40.2 Å². The molecule has 8 nitrogen and oxygen atoms in total. The van der Waals surface area contributed by atoms with Crippen molar-refractivity contribution >= 4 is 11.9 Å². The molecule has 4 rings (SSSR count). The van der Waals surface area contributed by atoms with Crippen LogP contribution in [0.15, 0.2) is 17.7 Å². The fourth-order valence-electron chi connectivity index (χ4n) is 3.85. The minimum Gasteiger partial charge on any atom is -0.504 e. The fraction of sp³-hybridized carbons (Fsp3) is 0.318. The third kappa shape index (κ3) is 2.96. The van der Waals surface area contributed by atoms with Crippen LogP contribution in [0, 0.1) is 0 Å². The smallest absolute Gasteiger partial charge is 0.231 e. The highest BCUT2D eigenvalue weighted by atomic mass is 16.7. The van der Waals surface area contributed by atoms with E-state index in [1.165, 1.54) is 21.3 Å². The average Bonchev–Trinajstić information content (AvgIpc) is 3.25. The molecular weight excluding hydrogens is 392 g/mol. The van der Waals surface area contributed by atoms with Gasteiger partial charge in [-0.2, -0.15) is 0 Å². The molecule has 0 unspecified atom stereocenters. The van der Waals surface area contributed by atoms with Crippen molar-refractivity contribution < 1.29 is 38.3 Å². The Bertz CT molecular complexity index is 1050. The molecule has 30 heavy (non-hydrogen) atoms. The maximum absolute atomic E-state index is 13.3. The number of phenols is 1. The number of fused-ring (bicyclic) bond motifs is 2. The predicted octanol–water partition coefficient (Wildman–Crippen LogP) is 3.37. The number of Topliss-reactive ketones (excluding diaryl/α,β-unsaturated/α-hetero) is 1. The number of benzene rings is 2. The Morgan fingerprint density at radius 3 is 2.23 bits per heavy atom. The maximum atomic E-state index is 13.3. The lowest BCUT2D eigenvalue weighted by atomic mass is 9.84. The van der Waals surface area contributed by atoms with E-state index in [0.717, 1.165) is 0 Å². The van der Waals surface area contributed by atoms with Gasteiger partial charge in [0, 0.05) is 22.8 Å². The molecule has 1 heterocycles. The zero-order valence-electron chi connectivity index (χ0n) is 17.2. The van der Waals surface area contributed by atoms with Gasteiger partial charge in [0.2, 0.25) is 18.3 Å². The molecule has 2 aromatic carbocycles. The van der Waals surface area contributed by atoms with E-state index in [2.05, 4.69) is 0 Å². The molecule has 0 radical (unpaired) electrons. The number of ether oxygens (including phenoxy) is 6. The summed E-state index contributed by atoms with van der Waals surface area (Å²) < 4.78 is 32.4. The summed E-state index contributed by atoms with van der Waals surface area (Å²) in [7, 11) is 6.12. The Labute approximate surface area is 173 Å². The Hall–Kier alpha value is -3.55. The molecule has 2 aromatic rings. The summed E-state index contributed by atoms with van der Waals surface area (Å²) in [4.78, 5) is 13.3. The van der Waals surface area contributed by atoms with E-state index < -0.39 is 0 Å². The second kappa shape index (κ2) is 7.70. The van der Waals surface area contributed by atoms with Crippen molar-refractivity contribution in [2.24, 2.45) is 0 Å². The molecule has 2 aliphatic rings. The van der Waals surface area contributed by atoms with Crippen LogP contribution in [0.4, 0.5) is 0 Å². The van der Waals surface area contributed by atoms with E-state index >= 15 is 0 Å². The lowest BCUT2D eigenvalue weighted by molar-refractivity contribution is 0.102. The number of allylic oxidation sites excluding steroid dienone is 1. The first-order chi connectivity index (χ1) is 14.5. The summed E-state index contributed by atoms with van der Waals surface area (Å²) in [6, 6.07) is 3.44. The van der Waals surface area contributed by atoms with Crippen molar-refractivity contribution in [1.82, 2.24) is 0 Å². The van der Waals surface area contributed by atoms with Crippen LogP contribution >= 0.6 is 0 Å². The van der Waals surface area contributed by atoms with E-state index in [1.54, 1.807) is 25.3 Å². The second-order valence-corrected chi connectivity index (χ2v) is 6.75. The van der Waals surface area contributed by atoms with Gasteiger partial charge in [0.25, 0.3) is 0 Å². The normalized spacial score (nSPS) is 15.7. The lowest BCUT2D eigenvalue weighted by Crippen LogP contribution is -2.16. The van der Waals surface area contributed by atoms with Gasteiger partial charge in [0.05, 0.1) is 34.0 Å². The zero-order chi connectivity index (χ0) is 21.4. The molecule has 0 atom stereocenters. The van der Waals surface area contributed by atoms with Crippen LogP contribution in [-0.4, -0.2) is 46.1 Å². The molecular formula is C22H22O8. The van der Waals surface area contributed by atoms with Crippen LogP contribution in [0.3, 0.4) is 0 Å². The molecule has 0 aromatic heterocycles. The molecule has 1 N–H and O–H groups in total. The van der Waals surface area contributed by atoms with Crippen molar-refractivity contribution in [3.05, 3.63) is 34.4 Å². The molecule has 0 fully saturated rings. The standard InChI is InChI=1S/C22H22O8/c1-25-14-9-16(27-3)15(26-2)8-12(14)7-11-5-6-13-17(18(11)23)19(24)21-22(20(13)28-4)30-10-29-21/h7-9,24H,5-6,10H2,1-4H3/b11-7+. The quantitative estimate of drug-likeness (QED) is 0.745. The van der Waals surface area contributed by atoms with E-state index in [4.69, 9.17) is 28.4 Å². The number of methoxy groups -OCH3 is 4. The number of aromatic hydroxyl groups is 1. The minimum atomic E-state index is -0.304. The highest BCUT2D eigenvalue weighted by Gasteiger charge is 2.36. The summed E-state index contributed by atoms with van der Waals surface area (Å²) in [5, 5.41) is 10.7. The van der Waals surface area contributed by atoms with Gasteiger partial charge in [0.1, 0.15) is 5.75 Å². The molecule has 1 aliphatic carbocycles. The molecule has 8 heteroatoms. The summed E-state index contributed by atoms with van der Waals surface area (Å²) in [5.74, 6) is 1.92. The number of carbonyl (C=O) groups excluding carboxylic acids is 1. The largest absolute Gasteiger partial charge is 0.504 e. The Morgan fingerprint density at radius 1 is 0.900 bits per heavy atom. The van der Waals surface area contributed by atoms with Gasteiger partial charge in [-0.05, 0) is 25.0 Å². The molecule has 0 amide bonds. The summed E-state index contributed by atoms with van der Waals surface area (Å²) >= 11 is 0. The summed E-state index contributed by atoms with van der Waals surface area (Å²) in [5.41, 5.74) is 1.96. The number of hydrogen-bond acceptors (Lipinski definition) is 8. The zero-order valence-corrected chi connectivity index (χ0v) is 17.2. The Morgan fingerprint density at radius 2 is 1.57 bits per heavy atom. The van der Waals surface area contributed by atoms with Crippen LogP contribution < -0.4 is 28.4 Å². The Balaban J connectivity index is 1.82. The van der Waals surface area contributed by atoms with Gasteiger partial charge in [0.15, 0.2) is 28.8 Å². The van der Waals surface area contributed by atoms with E-state index in [1.807, 2.05) is 0 Å². The molecule has 0 bridgehead atoms. The number of hydrogen-bond donors (Lipinski definition) is 1. The molecule has 0 saturated carbocycles. The number of carbonyl (C=O) groups is 1. The fourth-order valence-corrected chi connectivity index (χ4v) is 3.85. The van der Waals surface area contributed by atoms with Gasteiger partial charge in [-0.15, -0.1) is 0 Å². The number of rotatable bonds is 5. The van der Waals surface area contributed by atoms with Gasteiger partial charge >= 0.3 is 0 Å². The van der Waals surface area contributed by atoms with Crippen LogP contribution in [0.25, 0.3) is 6.08 Å². The summed E-state index contributed by atoms with van der Waals surface area (Å²) in [6.07, 6.45) is 2.69. The van der Waals surface area contributed by atoms with Crippen LogP contribution in [0.5, 0.6) is 40.2 Å². The van der Waals surface area contributed by atoms with Crippen LogP contribution in [0.2, 0.25) is 0 Å². The van der Waals surface area contributed by atoms with Crippen molar-refractivity contribution in [2.75, 3.05) is 35.2 Å². The van der Waals surface area contributed by atoms with Gasteiger partial charge in [-0.1, -0.05) is 0 Å². The molecule has 0 spiro atoms. The first-order valence-corrected chi connectivity index (χ1v) is 9.30.